The Bertz CT molecular complexity index is 1190. The Balaban J connectivity index is 1.61. The third kappa shape index (κ3) is 4.09. The van der Waals surface area contributed by atoms with E-state index >= 15 is 0 Å². The van der Waals surface area contributed by atoms with E-state index in [0.29, 0.717) is 24.2 Å². The number of hydrogen-bond donors (Lipinski definition) is 2. The van der Waals surface area contributed by atoms with E-state index in [1.807, 2.05) is 30.3 Å². The molecule has 0 saturated heterocycles. The van der Waals surface area contributed by atoms with E-state index in [9.17, 15) is 13.2 Å². The predicted octanol–water partition coefficient (Wildman–Crippen LogP) is 4.05. The van der Waals surface area contributed by atoms with Crippen molar-refractivity contribution in [3.8, 4) is 16.9 Å². The summed E-state index contributed by atoms with van der Waals surface area (Å²) in [5.41, 5.74) is 3.75. The van der Waals surface area contributed by atoms with Crippen LogP contribution in [0.15, 0.2) is 71.6 Å². The first-order chi connectivity index (χ1) is 13.9. The Morgan fingerprint density at radius 1 is 0.931 bits per heavy atom. The maximum absolute atomic E-state index is 12.9. The molecule has 0 fully saturated rings. The first kappa shape index (κ1) is 19.0. The van der Waals surface area contributed by atoms with Crippen LogP contribution >= 0.6 is 0 Å². The highest BCUT2D eigenvalue weighted by Gasteiger charge is 2.20. The maximum atomic E-state index is 12.9. The minimum absolute atomic E-state index is 0.0550. The van der Waals surface area contributed by atoms with Gasteiger partial charge in [-0.15, -0.1) is 0 Å². The second kappa shape index (κ2) is 7.60. The van der Waals surface area contributed by atoms with Crippen molar-refractivity contribution in [1.82, 2.24) is 0 Å². The third-order valence-corrected chi connectivity index (χ3v) is 6.18. The third-order valence-electron chi connectivity index (χ3n) is 4.80. The number of anilines is 2. The van der Waals surface area contributed by atoms with Crippen LogP contribution in [0.1, 0.15) is 12.0 Å². The largest absolute Gasteiger partial charge is 0.497 e. The molecule has 0 radical (unpaired) electrons. The average molecular weight is 408 g/mol. The predicted molar refractivity (Wildman–Crippen MR) is 113 cm³/mol. The minimum Gasteiger partial charge on any atom is -0.497 e. The van der Waals surface area contributed by atoms with Crippen LogP contribution in [0.25, 0.3) is 11.1 Å². The van der Waals surface area contributed by atoms with Crippen molar-refractivity contribution in [2.75, 3.05) is 17.1 Å². The molecule has 3 aromatic carbocycles. The molecule has 1 amide bonds. The fraction of sp³-hybridized carbons (Fsp3) is 0.136. The highest BCUT2D eigenvalue weighted by Crippen LogP contribution is 2.29. The molecular formula is C22H20N2O4S. The van der Waals surface area contributed by atoms with Crippen LogP contribution < -0.4 is 14.8 Å². The summed E-state index contributed by atoms with van der Waals surface area (Å²) in [6, 6.07) is 19.5. The quantitative estimate of drug-likeness (QED) is 0.667. The first-order valence-electron chi connectivity index (χ1n) is 9.15. The Labute approximate surface area is 169 Å². The molecule has 29 heavy (non-hydrogen) atoms. The highest BCUT2D eigenvalue weighted by molar-refractivity contribution is 7.92. The number of fused-ring (bicyclic) bond motifs is 1. The van der Waals surface area contributed by atoms with Gasteiger partial charge in [0.1, 0.15) is 5.75 Å². The number of ether oxygens (including phenoxy) is 1. The lowest BCUT2D eigenvalue weighted by Gasteiger charge is -2.18. The number of nitrogens with one attached hydrogen (secondary N) is 2. The van der Waals surface area contributed by atoms with Crippen LogP contribution in [-0.2, 0) is 21.2 Å². The van der Waals surface area contributed by atoms with Crippen molar-refractivity contribution in [1.29, 1.82) is 0 Å². The van der Waals surface area contributed by atoms with Crippen LogP contribution in [-0.4, -0.2) is 21.4 Å². The SMILES string of the molecule is COc1cccc(-c2cccc(NS(=O)(=O)c3ccc4c(c3)CCC(=O)N4)c2)c1. The number of aryl methyl sites for hydroxylation is 1. The maximum Gasteiger partial charge on any atom is 0.261 e. The molecule has 0 atom stereocenters. The fourth-order valence-electron chi connectivity index (χ4n) is 3.31. The minimum atomic E-state index is -3.76. The van der Waals surface area contributed by atoms with E-state index in [1.165, 1.54) is 6.07 Å². The van der Waals surface area contributed by atoms with Crippen LogP contribution in [0.3, 0.4) is 0 Å². The lowest BCUT2D eigenvalue weighted by Crippen LogP contribution is -2.20. The van der Waals surface area contributed by atoms with Crippen LogP contribution in [0.5, 0.6) is 5.75 Å². The van der Waals surface area contributed by atoms with Gasteiger partial charge in [0.2, 0.25) is 5.91 Å². The number of amides is 1. The summed E-state index contributed by atoms with van der Waals surface area (Å²) >= 11 is 0. The molecule has 6 nitrogen and oxygen atoms in total. The number of sulfonamides is 1. The van der Waals surface area contributed by atoms with Gasteiger partial charge in [0.05, 0.1) is 12.0 Å². The van der Waals surface area contributed by atoms with Crippen LogP contribution in [0.4, 0.5) is 11.4 Å². The van der Waals surface area contributed by atoms with Gasteiger partial charge in [0, 0.05) is 17.8 Å². The summed E-state index contributed by atoms with van der Waals surface area (Å²) in [7, 11) is -2.15. The standard InChI is InChI=1S/C22H20N2O4S/c1-28-19-7-3-5-16(13-19)15-4-2-6-18(12-15)24-29(26,27)20-9-10-21-17(14-20)8-11-22(25)23-21/h2-7,9-10,12-14,24H,8,11H2,1H3,(H,23,25). The lowest BCUT2D eigenvalue weighted by atomic mass is 10.0. The molecule has 0 spiro atoms. The van der Waals surface area contributed by atoms with E-state index in [4.69, 9.17) is 4.74 Å². The van der Waals surface area contributed by atoms with Gasteiger partial charge in [0.25, 0.3) is 10.0 Å². The van der Waals surface area contributed by atoms with Crippen LogP contribution in [0, 0.1) is 0 Å². The monoisotopic (exact) mass is 408 g/mol. The topological polar surface area (TPSA) is 84.5 Å². The van der Waals surface area contributed by atoms with Crippen molar-refractivity contribution >= 4 is 27.3 Å². The molecular weight excluding hydrogens is 388 g/mol. The van der Waals surface area contributed by atoms with E-state index in [0.717, 1.165) is 22.4 Å². The average Bonchev–Trinajstić information content (AvgIpc) is 2.73. The number of methoxy groups -OCH3 is 1. The molecule has 0 aromatic heterocycles. The van der Waals surface area contributed by atoms with Gasteiger partial charge in [-0.25, -0.2) is 8.42 Å². The van der Waals surface area contributed by atoms with Crippen molar-refractivity contribution in [2.24, 2.45) is 0 Å². The molecule has 7 heteroatoms. The number of carbonyl (C=O) groups is 1. The van der Waals surface area contributed by atoms with E-state index in [1.54, 1.807) is 37.4 Å². The molecule has 148 valence electrons. The van der Waals surface area contributed by atoms with Gasteiger partial charge < -0.3 is 10.1 Å². The fourth-order valence-corrected chi connectivity index (χ4v) is 4.41. The second-order valence-electron chi connectivity index (χ2n) is 6.79. The second-order valence-corrected chi connectivity index (χ2v) is 8.47. The Morgan fingerprint density at radius 2 is 1.69 bits per heavy atom. The zero-order valence-corrected chi connectivity index (χ0v) is 16.6. The van der Waals surface area contributed by atoms with Gasteiger partial charge in [-0.05, 0) is 65.6 Å². The molecule has 0 bridgehead atoms. The molecule has 0 aliphatic carbocycles. The summed E-state index contributed by atoms with van der Waals surface area (Å²) in [4.78, 5) is 11.7. The smallest absolute Gasteiger partial charge is 0.261 e. The number of benzene rings is 3. The Kier molecular flexibility index (Phi) is 4.98. The molecule has 2 N–H and O–H groups in total. The molecule has 0 unspecified atom stereocenters. The summed E-state index contributed by atoms with van der Waals surface area (Å²) < 4.78 is 33.7. The molecule has 1 aliphatic rings. The van der Waals surface area contributed by atoms with Crippen molar-refractivity contribution < 1.29 is 17.9 Å². The first-order valence-corrected chi connectivity index (χ1v) is 10.6. The normalized spacial score (nSPS) is 13.3. The Hall–Kier alpha value is -3.32. The molecule has 1 aliphatic heterocycles. The molecule has 4 rings (SSSR count). The van der Waals surface area contributed by atoms with Crippen LogP contribution in [0.2, 0.25) is 0 Å². The zero-order chi connectivity index (χ0) is 20.4. The van der Waals surface area contributed by atoms with Gasteiger partial charge in [-0.3, -0.25) is 9.52 Å². The van der Waals surface area contributed by atoms with Crippen molar-refractivity contribution in [3.63, 3.8) is 0 Å². The van der Waals surface area contributed by atoms with E-state index < -0.39 is 10.0 Å². The van der Waals surface area contributed by atoms with Gasteiger partial charge in [-0.1, -0.05) is 24.3 Å². The number of rotatable bonds is 5. The molecule has 0 saturated carbocycles. The Morgan fingerprint density at radius 3 is 2.48 bits per heavy atom. The van der Waals surface area contributed by atoms with E-state index in [-0.39, 0.29) is 10.8 Å². The molecule has 1 heterocycles. The van der Waals surface area contributed by atoms with Gasteiger partial charge >= 0.3 is 0 Å². The summed E-state index contributed by atoms with van der Waals surface area (Å²) in [6.07, 6.45) is 0.877. The summed E-state index contributed by atoms with van der Waals surface area (Å²) in [6.45, 7) is 0. The highest BCUT2D eigenvalue weighted by atomic mass is 32.2. The van der Waals surface area contributed by atoms with E-state index in [2.05, 4.69) is 10.0 Å². The summed E-state index contributed by atoms with van der Waals surface area (Å²) in [5, 5.41) is 2.76. The van der Waals surface area contributed by atoms with Crippen molar-refractivity contribution in [2.45, 2.75) is 17.7 Å². The number of hydrogen-bond acceptors (Lipinski definition) is 4. The van der Waals surface area contributed by atoms with Gasteiger partial charge in [-0.2, -0.15) is 0 Å². The summed E-state index contributed by atoms with van der Waals surface area (Å²) in [5.74, 6) is 0.676. The zero-order valence-electron chi connectivity index (χ0n) is 15.8. The number of carbonyl (C=O) groups excluding carboxylic acids is 1. The van der Waals surface area contributed by atoms with Crippen molar-refractivity contribution in [3.05, 3.63) is 72.3 Å². The molecule has 3 aromatic rings. The van der Waals surface area contributed by atoms with Gasteiger partial charge in [0.15, 0.2) is 0 Å². The lowest BCUT2D eigenvalue weighted by molar-refractivity contribution is -0.116.